The topological polar surface area (TPSA) is 47.6 Å². The average molecular weight is 363 g/mol. The Hall–Kier alpha value is -1.46. The smallest absolute Gasteiger partial charge is 0.222 e. The van der Waals surface area contributed by atoms with E-state index in [4.69, 9.17) is 9.47 Å². The van der Waals surface area contributed by atoms with Gasteiger partial charge >= 0.3 is 0 Å². The van der Waals surface area contributed by atoms with E-state index in [-0.39, 0.29) is 35.4 Å². The third-order valence-corrected chi connectivity index (χ3v) is 6.00. The Morgan fingerprint density at radius 2 is 2.23 bits per heavy atom. The van der Waals surface area contributed by atoms with Crippen molar-refractivity contribution >= 4 is 5.91 Å². The lowest BCUT2D eigenvalue weighted by Crippen LogP contribution is -2.60. The van der Waals surface area contributed by atoms with Gasteiger partial charge in [-0.3, -0.25) is 4.79 Å². The zero-order valence-corrected chi connectivity index (χ0v) is 16.0. The van der Waals surface area contributed by atoms with Gasteiger partial charge in [0.1, 0.15) is 5.82 Å². The van der Waals surface area contributed by atoms with Crippen LogP contribution in [0, 0.1) is 17.7 Å². The Labute approximate surface area is 155 Å². The van der Waals surface area contributed by atoms with Crippen LogP contribution in [-0.2, 0) is 14.3 Å². The number of nitrogens with one attached hydrogen (secondary N) is 1. The molecule has 1 saturated carbocycles. The second-order valence-corrected chi connectivity index (χ2v) is 8.16. The summed E-state index contributed by atoms with van der Waals surface area (Å²) in [6.45, 7) is 4.79. The van der Waals surface area contributed by atoms with E-state index in [0.717, 1.165) is 24.8 Å². The van der Waals surface area contributed by atoms with Crippen molar-refractivity contribution in [3.63, 3.8) is 0 Å². The van der Waals surface area contributed by atoms with Gasteiger partial charge in [0.2, 0.25) is 5.91 Å². The maximum atomic E-state index is 13.7. The third-order valence-electron chi connectivity index (χ3n) is 6.00. The van der Waals surface area contributed by atoms with Crippen molar-refractivity contribution in [2.45, 2.75) is 63.7 Å². The molecular weight excluding hydrogens is 333 g/mol. The second kappa shape index (κ2) is 8.05. The van der Waals surface area contributed by atoms with Gasteiger partial charge in [0, 0.05) is 31.4 Å². The summed E-state index contributed by atoms with van der Waals surface area (Å²) in [6, 6.07) is 6.62. The van der Waals surface area contributed by atoms with Crippen molar-refractivity contribution in [1.29, 1.82) is 0 Å². The summed E-state index contributed by atoms with van der Waals surface area (Å²) in [5.74, 6) is 0.647. The van der Waals surface area contributed by atoms with E-state index in [2.05, 4.69) is 19.2 Å². The van der Waals surface area contributed by atoms with Gasteiger partial charge in [-0.25, -0.2) is 4.39 Å². The van der Waals surface area contributed by atoms with Crippen LogP contribution < -0.4 is 5.32 Å². The van der Waals surface area contributed by atoms with Crippen LogP contribution in [0.3, 0.4) is 0 Å². The summed E-state index contributed by atoms with van der Waals surface area (Å²) in [4.78, 5) is 12.4. The van der Waals surface area contributed by atoms with E-state index in [0.29, 0.717) is 25.4 Å². The van der Waals surface area contributed by atoms with E-state index in [1.165, 1.54) is 6.07 Å². The maximum Gasteiger partial charge on any atom is 0.222 e. The van der Waals surface area contributed by atoms with E-state index < -0.39 is 0 Å². The molecule has 1 aliphatic heterocycles. The van der Waals surface area contributed by atoms with Crippen LogP contribution in [-0.4, -0.2) is 31.3 Å². The van der Waals surface area contributed by atoms with Crippen molar-refractivity contribution in [2.75, 3.05) is 13.7 Å². The fraction of sp³-hybridized carbons (Fsp3) is 0.667. The van der Waals surface area contributed by atoms with Crippen LogP contribution in [0.2, 0.25) is 0 Å². The van der Waals surface area contributed by atoms with Gasteiger partial charge in [-0.1, -0.05) is 25.5 Å². The first kappa shape index (κ1) is 19.3. The molecule has 26 heavy (non-hydrogen) atoms. The number of methoxy groups -OCH3 is 1. The highest BCUT2D eigenvalue weighted by molar-refractivity contribution is 5.77. The molecule has 4 nitrogen and oxygen atoms in total. The Morgan fingerprint density at radius 1 is 1.42 bits per heavy atom. The van der Waals surface area contributed by atoms with Gasteiger partial charge in [0.05, 0.1) is 18.8 Å². The molecule has 0 bridgehead atoms. The standard InChI is InChI=1S/C21H30FNO3/c1-14-7-8-17-18(11-14)26-19(15-5-4-6-16(22)12-15)13-21(17,2)23-20(24)9-10-25-3/h4-6,12,14,17-19H,7-11,13H2,1-3H3,(H,23,24)/t14-,17-,18-,19-,21+/m1/s1. The predicted molar refractivity (Wildman–Crippen MR) is 98.2 cm³/mol. The molecule has 0 unspecified atom stereocenters. The number of amides is 1. The molecule has 1 saturated heterocycles. The van der Waals surface area contributed by atoms with Gasteiger partial charge in [-0.2, -0.15) is 0 Å². The van der Waals surface area contributed by atoms with Crippen LogP contribution in [0.25, 0.3) is 0 Å². The monoisotopic (exact) mass is 363 g/mol. The summed E-state index contributed by atoms with van der Waals surface area (Å²) >= 11 is 0. The zero-order chi connectivity index (χ0) is 18.7. The molecule has 3 rings (SSSR count). The number of carbonyl (C=O) groups excluding carboxylic acids is 1. The minimum Gasteiger partial charge on any atom is -0.384 e. The molecule has 2 fully saturated rings. The fourth-order valence-electron chi connectivity index (χ4n) is 4.63. The molecule has 1 amide bonds. The van der Waals surface area contributed by atoms with E-state index >= 15 is 0 Å². The van der Waals surface area contributed by atoms with E-state index in [1.807, 2.05) is 6.07 Å². The molecule has 1 aromatic carbocycles. The van der Waals surface area contributed by atoms with Crippen LogP contribution >= 0.6 is 0 Å². The van der Waals surface area contributed by atoms with Crippen molar-refractivity contribution in [2.24, 2.45) is 11.8 Å². The van der Waals surface area contributed by atoms with Gasteiger partial charge in [0.15, 0.2) is 0 Å². The minimum atomic E-state index is -0.356. The Morgan fingerprint density at radius 3 is 2.96 bits per heavy atom. The Balaban J connectivity index is 1.83. The van der Waals surface area contributed by atoms with Crippen molar-refractivity contribution in [3.05, 3.63) is 35.6 Å². The molecule has 2 aliphatic rings. The molecule has 5 atom stereocenters. The molecular formula is C21H30FNO3. The lowest BCUT2D eigenvalue weighted by molar-refractivity contribution is -0.154. The molecule has 1 aromatic rings. The normalized spacial score (nSPS) is 34.2. The maximum absolute atomic E-state index is 13.7. The molecule has 1 heterocycles. The highest BCUT2D eigenvalue weighted by Crippen LogP contribution is 2.47. The van der Waals surface area contributed by atoms with Crippen LogP contribution in [0.4, 0.5) is 4.39 Å². The van der Waals surface area contributed by atoms with Gasteiger partial charge in [0.25, 0.3) is 0 Å². The molecule has 144 valence electrons. The number of hydrogen-bond acceptors (Lipinski definition) is 3. The Kier molecular flexibility index (Phi) is 5.98. The molecule has 0 aromatic heterocycles. The molecule has 5 heteroatoms. The number of rotatable bonds is 5. The summed E-state index contributed by atoms with van der Waals surface area (Å²) < 4.78 is 25.2. The number of carbonyl (C=O) groups is 1. The highest BCUT2D eigenvalue weighted by atomic mass is 19.1. The van der Waals surface area contributed by atoms with Gasteiger partial charge in [-0.05, 0) is 43.4 Å². The number of fused-ring (bicyclic) bond motifs is 1. The first-order valence-electron chi connectivity index (χ1n) is 9.62. The number of ether oxygens (including phenoxy) is 2. The molecule has 0 radical (unpaired) electrons. The predicted octanol–water partition coefficient (Wildman–Crippen LogP) is 4.00. The minimum absolute atomic E-state index is 0.00612. The summed E-state index contributed by atoms with van der Waals surface area (Å²) in [6.07, 6.45) is 4.08. The zero-order valence-electron chi connectivity index (χ0n) is 16.0. The average Bonchev–Trinajstić information content (AvgIpc) is 2.59. The number of benzene rings is 1. The highest BCUT2D eigenvalue weighted by Gasteiger charge is 2.49. The van der Waals surface area contributed by atoms with Crippen molar-refractivity contribution < 1.29 is 18.7 Å². The first-order valence-corrected chi connectivity index (χ1v) is 9.62. The van der Waals surface area contributed by atoms with Gasteiger partial charge < -0.3 is 14.8 Å². The largest absolute Gasteiger partial charge is 0.384 e. The second-order valence-electron chi connectivity index (χ2n) is 8.16. The molecule has 1 N–H and O–H groups in total. The summed E-state index contributed by atoms with van der Waals surface area (Å²) in [5.41, 5.74) is 0.490. The van der Waals surface area contributed by atoms with E-state index in [1.54, 1.807) is 19.2 Å². The molecule has 0 spiro atoms. The lowest BCUT2D eigenvalue weighted by Gasteiger charge is -2.52. The Bertz CT molecular complexity index is 637. The van der Waals surface area contributed by atoms with Crippen LogP contribution in [0.15, 0.2) is 24.3 Å². The van der Waals surface area contributed by atoms with Crippen molar-refractivity contribution in [3.8, 4) is 0 Å². The molecule has 1 aliphatic carbocycles. The van der Waals surface area contributed by atoms with E-state index in [9.17, 15) is 9.18 Å². The fourth-order valence-corrected chi connectivity index (χ4v) is 4.63. The van der Waals surface area contributed by atoms with Crippen molar-refractivity contribution in [1.82, 2.24) is 5.32 Å². The lowest BCUT2D eigenvalue weighted by atomic mass is 9.66. The SMILES string of the molecule is COCCC(=O)N[C@@]1(C)C[C@H](c2cccc(F)c2)O[C@@H]2C[C@H](C)CC[C@H]21. The number of hydrogen-bond donors (Lipinski definition) is 1. The number of halogens is 1. The summed E-state index contributed by atoms with van der Waals surface area (Å²) in [7, 11) is 1.60. The first-order chi connectivity index (χ1) is 12.4. The third kappa shape index (κ3) is 4.26. The van der Waals surface area contributed by atoms with Crippen LogP contribution in [0.5, 0.6) is 0 Å². The van der Waals surface area contributed by atoms with Crippen LogP contribution in [0.1, 0.15) is 57.6 Å². The van der Waals surface area contributed by atoms with Gasteiger partial charge in [-0.15, -0.1) is 0 Å². The summed E-state index contributed by atoms with van der Waals surface area (Å²) in [5, 5.41) is 3.27. The quantitative estimate of drug-likeness (QED) is 0.860.